The van der Waals surface area contributed by atoms with Crippen molar-refractivity contribution in [2.24, 2.45) is 17.3 Å². The van der Waals surface area contributed by atoms with E-state index in [-0.39, 0.29) is 60.4 Å². The van der Waals surface area contributed by atoms with Gasteiger partial charge in [-0.25, -0.2) is 18.0 Å². The summed E-state index contributed by atoms with van der Waals surface area (Å²) in [7, 11) is -2.63. The number of carbonyl (C=O) groups is 2. The lowest BCUT2D eigenvalue weighted by molar-refractivity contribution is -0.181. The average Bonchev–Trinajstić information content (AvgIpc) is 4.00. The van der Waals surface area contributed by atoms with Gasteiger partial charge >= 0.3 is 18.2 Å². The number of rotatable bonds is 18. The van der Waals surface area contributed by atoms with E-state index in [1.54, 1.807) is 18.2 Å². The van der Waals surface area contributed by atoms with Gasteiger partial charge in [-0.05, 0) is 138 Å². The number of hydrogen-bond donors (Lipinski definition) is 4. The predicted octanol–water partition coefficient (Wildman–Crippen LogP) is 10.4. The van der Waals surface area contributed by atoms with Gasteiger partial charge in [-0.1, -0.05) is 64.1 Å². The smallest absolute Gasteiger partial charge is 0.416 e. The minimum absolute atomic E-state index is 0.0190. The lowest BCUT2D eigenvalue weighted by atomic mass is 9.76. The van der Waals surface area contributed by atoms with Crippen molar-refractivity contribution in [1.29, 1.82) is 0 Å². The van der Waals surface area contributed by atoms with Gasteiger partial charge in [-0.15, -0.1) is 11.3 Å². The van der Waals surface area contributed by atoms with Gasteiger partial charge in [-0.3, -0.25) is 0 Å². The van der Waals surface area contributed by atoms with Gasteiger partial charge in [-0.2, -0.15) is 17.5 Å². The number of carboxylic acid groups (broad SMARTS) is 1. The fourth-order valence-electron chi connectivity index (χ4n) is 9.97. The van der Waals surface area contributed by atoms with Crippen LogP contribution in [0.1, 0.15) is 84.9 Å². The summed E-state index contributed by atoms with van der Waals surface area (Å²) < 4.78 is 92.6. The van der Waals surface area contributed by atoms with Crippen LogP contribution in [0.15, 0.2) is 95.9 Å². The van der Waals surface area contributed by atoms with E-state index < -0.39 is 57.9 Å². The Hall–Kier alpha value is -5.50. The number of hydrogen-bond acceptors (Lipinski definition) is 11. The molecule has 4 aromatic carbocycles. The summed E-state index contributed by atoms with van der Waals surface area (Å²) in [6.07, 6.45) is -4.27. The van der Waals surface area contributed by atoms with E-state index in [4.69, 9.17) is 18.9 Å². The molecule has 0 unspecified atom stereocenters. The molecule has 0 radical (unpaired) electrons. The Morgan fingerprint density at radius 2 is 1.64 bits per heavy atom. The molecule has 2 aliphatic heterocycles. The molecule has 2 saturated heterocycles. The zero-order valence-corrected chi connectivity index (χ0v) is 42.8. The molecule has 8 rings (SSSR count). The van der Waals surface area contributed by atoms with Crippen molar-refractivity contribution >= 4 is 39.1 Å². The molecule has 1 aromatic heterocycles. The maximum absolute atomic E-state index is 14.1. The third-order valence-corrected chi connectivity index (χ3v) is 17.1. The van der Waals surface area contributed by atoms with Crippen LogP contribution in [0.25, 0.3) is 21.6 Å². The molecule has 3 aliphatic rings. The van der Waals surface area contributed by atoms with E-state index in [1.807, 2.05) is 57.2 Å². The topological polar surface area (TPSA) is 173 Å². The maximum atomic E-state index is 14.1. The molecule has 0 spiro atoms. The zero-order chi connectivity index (χ0) is 51.8. The number of aryl methyl sites for hydroxylation is 1. The van der Waals surface area contributed by atoms with E-state index in [9.17, 15) is 41.4 Å². The number of ether oxygens (including phenoxy) is 4. The van der Waals surface area contributed by atoms with Crippen LogP contribution in [-0.2, 0) is 56.2 Å². The first-order valence-corrected chi connectivity index (χ1v) is 26.4. The van der Waals surface area contributed by atoms with E-state index in [0.29, 0.717) is 58.0 Å². The number of anilines is 1. The molecule has 0 saturated carbocycles. The molecule has 18 heteroatoms. The van der Waals surface area contributed by atoms with Crippen molar-refractivity contribution in [2.75, 3.05) is 38.7 Å². The third kappa shape index (κ3) is 11.8. The molecular weight excluding hydrogens is 972 g/mol. The minimum Gasteiger partial charge on any atom is -0.497 e. The van der Waals surface area contributed by atoms with E-state index in [1.165, 1.54) is 47.0 Å². The van der Waals surface area contributed by atoms with Crippen LogP contribution in [0.4, 0.5) is 23.7 Å². The number of aromatic carboxylic acids is 1. The number of halogens is 3. The number of methoxy groups -OCH3 is 1. The molecule has 2 fully saturated rings. The Balaban J connectivity index is 1.06. The van der Waals surface area contributed by atoms with E-state index in [2.05, 4.69) is 24.5 Å². The summed E-state index contributed by atoms with van der Waals surface area (Å²) in [5.41, 5.74) is 4.32. The fourth-order valence-corrected chi connectivity index (χ4v) is 13.0. The number of alkyl carbamates (subject to hydrolysis) is 1. The van der Waals surface area contributed by atoms with Crippen molar-refractivity contribution in [3.63, 3.8) is 0 Å². The number of thiophene rings is 1. The number of aliphatic hydroxyl groups excluding tert-OH is 1. The second kappa shape index (κ2) is 21.2. The summed E-state index contributed by atoms with van der Waals surface area (Å²) in [5, 5.41) is 28.9. The van der Waals surface area contributed by atoms with Gasteiger partial charge in [0.1, 0.15) is 11.9 Å². The van der Waals surface area contributed by atoms with Crippen molar-refractivity contribution in [3.05, 3.63) is 124 Å². The molecule has 1 aliphatic carbocycles. The molecule has 5 aromatic rings. The number of carbonyl (C=O) groups excluding carboxylic acids is 1. The Kier molecular flexibility index (Phi) is 15.5. The number of benzene rings is 4. The van der Waals surface area contributed by atoms with Gasteiger partial charge in [0, 0.05) is 35.1 Å². The Morgan fingerprint density at radius 3 is 2.29 bits per heavy atom. The highest BCUT2D eigenvalue weighted by atomic mass is 32.2. The average molecular weight is 1030 g/mol. The molecule has 72 heavy (non-hydrogen) atoms. The van der Waals surface area contributed by atoms with Gasteiger partial charge in [0.25, 0.3) is 0 Å². The number of sulfonamides is 1. The summed E-state index contributed by atoms with van der Waals surface area (Å²) in [6.45, 7) is 10.4. The van der Waals surface area contributed by atoms with Gasteiger partial charge in [0.05, 0.1) is 54.4 Å². The first-order valence-electron chi connectivity index (χ1n) is 24.1. The zero-order valence-electron chi connectivity index (χ0n) is 41.2. The summed E-state index contributed by atoms with van der Waals surface area (Å²) in [6, 6.07) is 22.7. The lowest BCUT2D eigenvalue weighted by Crippen LogP contribution is -2.51. The van der Waals surface area contributed by atoms with Crippen LogP contribution in [0, 0.1) is 17.3 Å². The SMILES string of the molecule is COc1ccc(S(=O)(=O)N(CC(C)C)C[C@@H](O)[C@H](Cc2ccc(NCc3cc(-c4ccc(C(F)(F)F)cc4)ccc3-c3sc4c(c3C(=O)O)CC(C)(C)CC4)cc2)NC(=O)O[C@H]2CO[C@@]3(C)OCC[C@@H]23)cc1. The number of carboxylic acids is 1. The standard InChI is InChI=1S/C54H62F3N3O10S2/c1-32(2)29-60(72(65,66)40-18-16-39(67-6)17-19-40)30-45(61)44(59-51(64)70-46-31-69-53(5)43(46)22-24-68-53)25-33-7-14-38(15-8-33)58-28-36-26-35(34-9-12-37(13-10-34)54(55,56)57)11-20-41(36)49-48(50(62)63)42-27-52(3,4)23-21-47(42)71-49/h7-20,26,32,43-46,58,61H,21-25,27-31H2,1-6H3,(H,59,64)(H,62,63)/t43-,44-,45+,46-,53+/m0/s1. The second-order valence-corrected chi connectivity index (χ2v) is 23.3. The van der Waals surface area contributed by atoms with Crippen molar-refractivity contribution in [1.82, 2.24) is 9.62 Å². The highest BCUT2D eigenvalue weighted by Gasteiger charge is 2.53. The monoisotopic (exact) mass is 1030 g/mol. The number of nitrogens with zero attached hydrogens (tertiary/aromatic N) is 1. The predicted molar refractivity (Wildman–Crippen MR) is 269 cm³/mol. The van der Waals surface area contributed by atoms with Crippen molar-refractivity contribution in [3.8, 4) is 27.3 Å². The number of amides is 1. The number of aliphatic hydroxyl groups is 1. The number of alkyl halides is 3. The van der Waals surface area contributed by atoms with E-state index >= 15 is 0 Å². The Bertz CT molecular complexity index is 2850. The molecular formula is C54H62F3N3O10S2. The normalized spacial score (nSPS) is 20.4. The second-order valence-electron chi connectivity index (χ2n) is 20.3. The molecule has 0 bridgehead atoms. The number of nitrogens with one attached hydrogen (secondary N) is 2. The van der Waals surface area contributed by atoms with Gasteiger partial charge in [0.15, 0.2) is 5.79 Å². The van der Waals surface area contributed by atoms with Crippen molar-refractivity contribution < 1.29 is 60.3 Å². The third-order valence-electron chi connectivity index (χ3n) is 13.9. The first-order chi connectivity index (χ1) is 34.0. The largest absolute Gasteiger partial charge is 0.497 e. The van der Waals surface area contributed by atoms with Crippen LogP contribution in [0.5, 0.6) is 5.75 Å². The Morgan fingerprint density at radius 1 is 0.944 bits per heavy atom. The van der Waals surface area contributed by atoms with Gasteiger partial charge in [0.2, 0.25) is 10.0 Å². The highest BCUT2D eigenvalue weighted by Crippen LogP contribution is 2.47. The first kappa shape index (κ1) is 52.8. The van der Waals surface area contributed by atoms with E-state index in [0.717, 1.165) is 41.0 Å². The lowest BCUT2D eigenvalue weighted by Gasteiger charge is -2.31. The Labute approximate surface area is 422 Å². The molecule has 13 nitrogen and oxygen atoms in total. The number of fused-ring (bicyclic) bond motifs is 2. The highest BCUT2D eigenvalue weighted by molar-refractivity contribution is 7.89. The van der Waals surface area contributed by atoms with Crippen LogP contribution in [0.2, 0.25) is 0 Å². The minimum atomic E-state index is -4.49. The fraction of sp³-hybridized carbons (Fsp3) is 0.444. The van der Waals surface area contributed by atoms with Crippen molar-refractivity contribution in [2.45, 2.75) is 108 Å². The van der Waals surface area contributed by atoms with Crippen LogP contribution in [0.3, 0.4) is 0 Å². The van der Waals surface area contributed by atoms with Gasteiger partial charge < -0.3 is 39.8 Å². The molecule has 4 N–H and O–H groups in total. The van der Waals surface area contributed by atoms with Crippen LogP contribution in [-0.4, -0.2) is 92.4 Å². The summed E-state index contributed by atoms with van der Waals surface area (Å²) in [4.78, 5) is 28.4. The molecule has 386 valence electrons. The van der Waals surface area contributed by atoms with Crippen LogP contribution >= 0.6 is 11.3 Å². The molecule has 3 heterocycles. The maximum Gasteiger partial charge on any atom is 0.416 e. The summed E-state index contributed by atoms with van der Waals surface area (Å²) >= 11 is 1.47. The quantitative estimate of drug-likeness (QED) is 0.0658. The molecule has 5 atom stereocenters. The summed E-state index contributed by atoms with van der Waals surface area (Å²) in [5.74, 6) is -1.70. The molecule has 1 amide bonds. The van der Waals surface area contributed by atoms with Crippen LogP contribution < -0.4 is 15.4 Å².